The van der Waals surface area contributed by atoms with E-state index in [0.717, 1.165) is 12.1 Å². The summed E-state index contributed by atoms with van der Waals surface area (Å²) in [4.78, 5) is 38.5. The molecule has 2 N–H and O–H groups in total. The topological polar surface area (TPSA) is 113 Å². The number of carbonyl (C=O) groups excluding carboxylic acids is 2. The van der Waals surface area contributed by atoms with E-state index in [0.29, 0.717) is 24.0 Å². The van der Waals surface area contributed by atoms with Gasteiger partial charge in [0.15, 0.2) is 23.1 Å². The van der Waals surface area contributed by atoms with Gasteiger partial charge >= 0.3 is 0 Å². The molecule has 1 spiro atoms. The molecule has 194 valence electrons. The number of nitrogens with zero attached hydrogens (tertiary/aromatic N) is 3. The van der Waals surface area contributed by atoms with Gasteiger partial charge in [-0.15, -0.1) is 12.4 Å². The summed E-state index contributed by atoms with van der Waals surface area (Å²) in [5, 5.41) is 22.7. The lowest BCUT2D eigenvalue weighted by molar-refractivity contribution is -0.0453. The maximum atomic E-state index is 14.1. The molecule has 5 atom stereocenters. The predicted octanol–water partition coefficient (Wildman–Crippen LogP) is 2.87. The highest BCUT2D eigenvalue weighted by molar-refractivity contribution is 6.22. The highest BCUT2D eigenvalue weighted by Gasteiger charge is 2.65. The number of ketones is 2. The van der Waals surface area contributed by atoms with Crippen molar-refractivity contribution in [3.8, 4) is 11.5 Å². The van der Waals surface area contributed by atoms with E-state index in [9.17, 15) is 19.8 Å². The van der Waals surface area contributed by atoms with Crippen molar-refractivity contribution in [2.24, 2.45) is 5.92 Å². The summed E-state index contributed by atoms with van der Waals surface area (Å²) in [5.41, 5.74) is 1.57. The van der Waals surface area contributed by atoms with E-state index in [1.54, 1.807) is 42.7 Å². The number of aromatic nitrogens is 2. The van der Waals surface area contributed by atoms with Crippen LogP contribution in [0.2, 0.25) is 0 Å². The number of phenolic OH excluding ortho intramolecular Hbond substituents is 1. The monoisotopic (exact) mass is 531 g/mol. The van der Waals surface area contributed by atoms with Gasteiger partial charge in [-0.25, -0.2) is 0 Å². The predicted molar refractivity (Wildman–Crippen MR) is 140 cm³/mol. The Balaban J connectivity index is 0.00000264. The van der Waals surface area contributed by atoms with Gasteiger partial charge < -0.3 is 19.8 Å². The molecule has 9 heteroatoms. The van der Waals surface area contributed by atoms with E-state index < -0.39 is 23.4 Å². The molecule has 1 aromatic carbocycles. The van der Waals surface area contributed by atoms with Gasteiger partial charge in [-0.1, -0.05) is 12.2 Å². The van der Waals surface area contributed by atoms with E-state index in [-0.39, 0.29) is 58.3 Å². The number of hydrogen-bond acceptors (Lipinski definition) is 8. The third-order valence-corrected chi connectivity index (χ3v) is 8.74. The van der Waals surface area contributed by atoms with E-state index in [4.69, 9.17) is 4.74 Å². The van der Waals surface area contributed by atoms with Gasteiger partial charge in [0.25, 0.3) is 0 Å². The Kier molecular flexibility index (Phi) is 5.68. The van der Waals surface area contributed by atoms with Crippen molar-refractivity contribution in [3.05, 3.63) is 94.6 Å². The molecule has 3 aromatic rings. The molecular weight excluding hydrogens is 506 g/mol. The molecule has 2 aromatic heterocycles. The van der Waals surface area contributed by atoms with Gasteiger partial charge in [0.1, 0.15) is 12.2 Å². The highest BCUT2D eigenvalue weighted by Crippen LogP contribution is 2.64. The number of phenols is 1. The number of rotatable bonds is 4. The third-order valence-electron chi connectivity index (χ3n) is 8.74. The van der Waals surface area contributed by atoms with Crippen LogP contribution < -0.4 is 4.74 Å². The number of halogens is 1. The van der Waals surface area contributed by atoms with Crippen LogP contribution in [0.25, 0.3) is 0 Å². The molecule has 7 rings (SSSR count). The van der Waals surface area contributed by atoms with Crippen LogP contribution in [0.3, 0.4) is 0 Å². The molecule has 4 aliphatic rings. The molecule has 2 aliphatic carbocycles. The minimum absolute atomic E-state index is 0. The highest BCUT2D eigenvalue weighted by atomic mass is 35.5. The summed E-state index contributed by atoms with van der Waals surface area (Å²) < 4.78 is 6.36. The van der Waals surface area contributed by atoms with E-state index >= 15 is 0 Å². The Labute approximate surface area is 225 Å². The second-order valence-electron chi connectivity index (χ2n) is 10.4. The number of carbonyl (C=O) groups is 2. The Morgan fingerprint density at radius 1 is 1.05 bits per heavy atom. The lowest BCUT2D eigenvalue weighted by Crippen LogP contribution is -2.65. The number of pyridine rings is 2. The lowest BCUT2D eigenvalue weighted by Gasteiger charge is -2.56. The van der Waals surface area contributed by atoms with Crippen molar-refractivity contribution in [2.45, 2.75) is 36.5 Å². The van der Waals surface area contributed by atoms with Crippen molar-refractivity contribution in [3.63, 3.8) is 0 Å². The summed E-state index contributed by atoms with van der Waals surface area (Å²) in [6.07, 6.45) is 9.61. The standard InChI is InChI=1S/C29H25N3O5.ClH/c1-32-11-8-29-18-6-7-20(33)28(29)37-27-23(29)17(12-19(18)32)21(24(34)15-4-2-9-30-13-15)22(26(27)36)25(35)16-5-3-10-31-14-16;/h2-7,9-10,13-14,18-20,28,33,36H,8,11-12H2,1H3;1H/t18-,19+,20-,28-,29-;/m0./s1. The van der Waals surface area contributed by atoms with Crippen molar-refractivity contribution in [1.82, 2.24) is 14.9 Å². The van der Waals surface area contributed by atoms with Crippen LogP contribution in [0.5, 0.6) is 11.5 Å². The lowest BCUT2D eigenvalue weighted by atomic mass is 9.52. The van der Waals surface area contributed by atoms with Crippen LogP contribution in [-0.2, 0) is 11.8 Å². The van der Waals surface area contributed by atoms with Crippen LogP contribution in [0, 0.1) is 5.92 Å². The minimum Gasteiger partial charge on any atom is -0.504 e. The average molecular weight is 532 g/mol. The summed E-state index contributed by atoms with van der Waals surface area (Å²) in [6.45, 7) is 0.795. The molecule has 1 fully saturated rings. The largest absolute Gasteiger partial charge is 0.504 e. The first kappa shape index (κ1) is 24.7. The van der Waals surface area contributed by atoms with Gasteiger partial charge in [0, 0.05) is 64.4 Å². The van der Waals surface area contributed by atoms with E-state index in [1.807, 2.05) is 0 Å². The van der Waals surface area contributed by atoms with Crippen LogP contribution in [0.4, 0.5) is 0 Å². The first-order valence-corrected chi connectivity index (χ1v) is 12.5. The van der Waals surface area contributed by atoms with Crippen LogP contribution in [0.15, 0.2) is 61.2 Å². The van der Waals surface area contributed by atoms with Gasteiger partial charge in [-0.2, -0.15) is 0 Å². The quantitative estimate of drug-likeness (QED) is 0.390. The minimum atomic E-state index is -0.868. The first-order valence-electron chi connectivity index (χ1n) is 12.5. The number of aromatic hydroxyl groups is 1. The van der Waals surface area contributed by atoms with Gasteiger partial charge in [-0.05, 0) is 56.3 Å². The average Bonchev–Trinajstić information content (AvgIpc) is 3.28. The molecule has 0 saturated carbocycles. The summed E-state index contributed by atoms with van der Waals surface area (Å²) in [7, 11) is 2.07. The molecular formula is C29H26ClN3O5. The Morgan fingerprint density at radius 2 is 1.71 bits per heavy atom. The molecule has 4 heterocycles. The zero-order valence-corrected chi connectivity index (χ0v) is 21.4. The smallest absolute Gasteiger partial charge is 0.199 e. The van der Waals surface area contributed by atoms with Gasteiger partial charge in [-0.3, -0.25) is 19.6 Å². The maximum absolute atomic E-state index is 14.1. The fourth-order valence-electron chi connectivity index (χ4n) is 7.14. The number of piperidine rings is 1. The first-order chi connectivity index (χ1) is 17.9. The molecule has 2 bridgehead atoms. The number of benzene rings is 1. The Hall–Kier alpha value is -3.59. The van der Waals surface area contributed by atoms with Gasteiger partial charge in [0.2, 0.25) is 0 Å². The maximum Gasteiger partial charge on any atom is 0.199 e. The Morgan fingerprint density at radius 3 is 2.34 bits per heavy atom. The molecule has 38 heavy (non-hydrogen) atoms. The second kappa shape index (κ2) is 8.73. The summed E-state index contributed by atoms with van der Waals surface area (Å²) in [6, 6.07) is 6.63. The van der Waals surface area contributed by atoms with E-state index in [2.05, 4.69) is 28.0 Å². The van der Waals surface area contributed by atoms with Gasteiger partial charge in [0.05, 0.1) is 5.56 Å². The van der Waals surface area contributed by atoms with Crippen molar-refractivity contribution in [2.75, 3.05) is 13.6 Å². The number of aliphatic hydroxyl groups is 1. The molecule has 2 aliphatic heterocycles. The van der Waals surface area contributed by atoms with Crippen molar-refractivity contribution < 1.29 is 24.5 Å². The normalized spacial score (nSPS) is 28.2. The van der Waals surface area contributed by atoms with Crippen LogP contribution >= 0.6 is 12.4 Å². The summed E-state index contributed by atoms with van der Waals surface area (Å²) >= 11 is 0. The number of likely N-dealkylation sites (tertiary alicyclic amines) is 1. The fraction of sp³-hybridized carbons (Fsp3) is 0.310. The second-order valence-corrected chi connectivity index (χ2v) is 10.4. The zero-order valence-electron chi connectivity index (χ0n) is 20.6. The molecule has 1 saturated heterocycles. The fourth-order valence-corrected chi connectivity index (χ4v) is 7.14. The molecule has 0 radical (unpaired) electrons. The SMILES string of the molecule is CN1CC[C@]23c4c5c(C(=O)c6cccnc6)c(C(=O)c6cccnc6)c(O)c4O[C@H]2[C@@H](O)C=C[C@H]3[C@H]1C5.Cl. The molecule has 8 nitrogen and oxygen atoms in total. The van der Waals surface area contributed by atoms with E-state index in [1.165, 1.54) is 12.4 Å². The number of hydrogen-bond donors (Lipinski definition) is 2. The summed E-state index contributed by atoms with van der Waals surface area (Å²) in [5.74, 6) is -0.974. The Bertz CT molecular complexity index is 1500. The third kappa shape index (κ3) is 3.11. The van der Waals surface area contributed by atoms with Crippen molar-refractivity contribution in [1.29, 1.82) is 0 Å². The molecule has 0 unspecified atom stereocenters. The zero-order chi connectivity index (χ0) is 25.5. The number of aliphatic hydroxyl groups excluding tert-OH is 1. The van der Waals surface area contributed by atoms with Crippen LogP contribution in [0.1, 0.15) is 49.4 Å². The molecule has 0 amide bonds. The van der Waals surface area contributed by atoms with Crippen LogP contribution in [-0.4, -0.2) is 68.5 Å². The number of likely N-dealkylation sites (N-methyl/N-ethyl adjacent to an activating group) is 1. The number of ether oxygens (including phenoxy) is 1. The van der Waals surface area contributed by atoms with Crippen molar-refractivity contribution >= 4 is 24.0 Å².